The first-order chi connectivity index (χ1) is 12.2. The summed E-state index contributed by atoms with van der Waals surface area (Å²) < 4.78 is 19.9. The molecule has 0 aliphatic heterocycles. The van der Waals surface area contributed by atoms with E-state index in [-0.39, 0.29) is 5.02 Å². The van der Waals surface area contributed by atoms with E-state index >= 15 is 0 Å². The van der Waals surface area contributed by atoms with Crippen molar-refractivity contribution in [1.29, 1.82) is 0 Å². The molecule has 0 fully saturated rings. The Morgan fingerprint density at radius 3 is 2.65 bits per heavy atom. The van der Waals surface area contributed by atoms with Crippen molar-refractivity contribution in [2.75, 3.05) is 5.32 Å². The molecule has 1 heterocycles. The molecule has 1 N–H and O–H groups in total. The number of nitrogens with zero attached hydrogens (tertiary/aromatic N) is 2. The number of ether oxygens (including phenoxy) is 1. The van der Waals surface area contributed by atoms with Crippen LogP contribution in [0.4, 0.5) is 10.1 Å². The van der Waals surface area contributed by atoms with E-state index in [4.69, 9.17) is 16.3 Å². The van der Waals surface area contributed by atoms with E-state index in [0.29, 0.717) is 5.69 Å². The van der Waals surface area contributed by atoms with E-state index in [1.54, 1.807) is 10.8 Å². The molecule has 1 aromatic heterocycles. The van der Waals surface area contributed by atoms with Crippen molar-refractivity contribution in [3.05, 3.63) is 52.1 Å². The second-order valence-corrected chi connectivity index (χ2v) is 6.15. The topological polar surface area (TPSA) is 73.2 Å². The summed E-state index contributed by atoms with van der Waals surface area (Å²) in [5, 5.41) is 6.64. The summed E-state index contributed by atoms with van der Waals surface area (Å²) in [6.07, 6.45) is 1.81. The molecule has 2 aromatic rings. The van der Waals surface area contributed by atoms with Gasteiger partial charge in [0, 0.05) is 30.1 Å². The molecule has 0 saturated heterocycles. The largest absolute Gasteiger partial charge is 0.449 e. The number of anilines is 1. The van der Waals surface area contributed by atoms with Crippen LogP contribution in [0.5, 0.6) is 0 Å². The number of benzene rings is 1. The minimum atomic E-state index is -1.04. The van der Waals surface area contributed by atoms with Crippen LogP contribution >= 0.6 is 11.6 Å². The molecular formula is C18H19ClFN3O3. The lowest BCUT2D eigenvalue weighted by Gasteiger charge is -2.12. The van der Waals surface area contributed by atoms with Gasteiger partial charge in [-0.1, -0.05) is 11.6 Å². The van der Waals surface area contributed by atoms with Crippen molar-refractivity contribution in [3.8, 4) is 0 Å². The van der Waals surface area contributed by atoms with Crippen LogP contribution in [0.15, 0.2) is 24.3 Å². The van der Waals surface area contributed by atoms with Crippen molar-refractivity contribution in [2.24, 2.45) is 7.05 Å². The third kappa shape index (κ3) is 4.70. The van der Waals surface area contributed by atoms with Gasteiger partial charge in [0.25, 0.3) is 5.91 Å². The number of carbonyl (C=O) groups excluding carboxylic acids is 2. The Bertz CT molecular complexity index is 877. The first kappa shape index (κ1) is 19.7. The minimum Gasteiger partial charge on any atom is -0.449 e. The predicted octanol–water partition coefficient (Wildman–Crippen LogP) is 3.41. The molecule has 0 unspecified atom stereocenters. The molecule has 0 aliphatic rings. The number of hydrogen-bond donors (Lipinski definition) is 1. The van der Waals surface area contributed by atoms with Crippen LogP contribution in [0, 0.1) is 19.7 Å². The molecule has 0 saturated carbocycles. The monoisotopic (exact) mass is 379 g/mol. The number of halogens is 2. The van der Waals surface area contributed by atoms with Crippen LogP contribution in [0.3, 0.4) is 0 Å². The minimum absolute atomic E-state index is 0.113. The molecule has 2 rings (SSSR count). The summed E-state index contributed by atoms with van der Waals surface area (Å²) in [4.78, 5) is 24.0. The fourth-order valence-corrected chi connectivity index (χ4v) is 2.45. The van der Waals surface area contributed by atoms with Gasteiger partial charge in [0.1, 0.15) is 5.82 Å². The molecule has 26 heavy (non-hydrogen) atoms. The van der Waals surface area contributed by atoms with E-state index in [1.165, 1.54) is 25.1 Å². The number of carbonyl (C=O) groups is 2. The third-order valence-corrected chi connectivity index (χ3v) is 4.09. The summed E-state index contributed by atoms with van der Waals surface area (Å²) in [7, 11) is 1.81. The summed E-state index contributed by atoms with van der Waals surface area (Å²) in [5.74, 6) is -1.80. The van der Waals surface area contributed by atoms with Gasteiger partial charge in [0.2, 0.25) is 0 Å². The second-order valence-electron chi connectivity index (χ2n) is 5.74. The van der Waals surface area contributed by atoms with E-state index in [9.17, 15) is 14.0 Å². The molecular weight excluding hydrogens is 361 g/mol. The number of rotatable bonds is 5. The van der Waals surface area contributed by atoms with Gasteiger partial charge < -0.3 is 10.1 Å². The average molecular weight is 380 g/mol. The van der Waals surface area contributed by atoms with E-state index in [2.05, 4.69) is 10.4 Å². The number of aromatic nitrogens is 2. The second kappa shape index (κ2) is 8.14. The van der Waals surface area contributed by atoms with Gasteiger partial charge in [-0.15, -0.1) is 0 Å². The Morgan fingerprint density at radius 1 is 1.38 bits per heavy atom. The highest BCUT2D eigenvalue weighted by Gasteiger charge is 2.17. The molecule has 0 radical (unpaired) electrons. The fourth-order valence-electron chi connectivity index (χ4n) is 2.27. The maximum absolute atomic E-state index is 13.1. The third-order valence-electron chi connectivity index (χ3n) is 3.80. The molecule has 8 heteroatoms. The number of nitrogens with one attached hydrogen (secondary N) is 1. The van der Waals surface area contributed by atoms with Crippen LogP contribution < -0.4 is 5.32 Å². The lowest BCUT2D eigenvalue weighted by atomic mass is 10.2. The summed E-state index contributed by atoms with van der Waals surface area (Å²) in [6, 6.07) is 3.77. The Kier molecular flexibility index (Phi) is 6.15. The zero-order valence-electron chi connectivity index (χ0n) is 14.8. The van der Waals surface area contributed by atoms with Crippen molar-refractivity contribution in [3.63, 3.8) is 0 Å². The Morgan fingerprint density at radius 2 is 2.08 bits per heavy atom. The maximum Gasteiger partial charge on any atom is 0.331 e. The molecule has 0 bridgehead atoms. The Labute approximate surface area is 155 Å². The van der Waals surface area contributed by atoms with Crippen molar-refractivity contribution >= 4 is 35.2 Å². The molecule has 1 amide bonds. The van der Waals surface area contributed by atoms with Gasteiger partial charge in [-0.3, -0.25) is 9.48 Å². The van der Waals surface area contributed by atoms with Gasteiger partial charge in [0.05, 0.1) is 10.7 Å². The van der Waals surface area contributed by atoms with Crippen LogP contribution in [-0.2, 0) is 21.4 Å². The first-order valence-corrected chi connectivity index (χ1v) is 8.21. The SMILES string of the molecule is Cc1nn(C)c(C)c1/C=C/C(=O)O[C@H](C)C(=O)Nc1ccc(F)c(Cl)c1. The van der Waals surface area contributed by atoms with Gasteiger partial charge in [-0.05, 0) is 45.0 Å². The zero-order chi connectivity index (χ0) is 19.4. The highest BCUT2D eigenvalue weighted by molar-refractivity contribution is 6.31. The van der Waals surface area contributed by atoms with Gasteiger partial charge in [-0.25, -0.2) is 9.18 Å². The van der Waals surface area contributed by atoms with Crippen LogP contribution in [0.1, 0.15) is 23.9 Å². The Hall–Kier alpha value is -2.67. The summed E-state index contributed by atoms with van der Waals surface area (Å²) >= 11 is 5.66. The van der Waals surface area contributed by atoms with Crippen LogP contribution in [-0.4, -0.2) is 27.8 Å². The van der Waals surface area contributed by atoms with Crippen molar-refractivity contribution in [2.45, 2.75) is 26.9 Å². The van der Waals surface area contributed by atoms with Crippen molar-refractivity contribution in [1.82, 2.24) is 9.78 Å². The molecule has 1 atom stereocenters. The highest BCUT2D eigenvalue weighted by Crippen LogP contribution is 2.19. The fraction of sp³-hybridized carbons (Fsp3) is 0.278. The zero-order valence-corrected chi connectivity index (χ0v) is 15.6. The van der Waals surface area contributed by atoms with E-state index in [1.807, 2.05) is 20.9 Å². The van der Waals surface area contributed by atoms with E-state index in [0.717, 1.165) is 23.0 Å². The van der Waals surface area contributed by atoms with Crippen LogP contribution in [0.2, 0.25) is 5.02 Å². The number of esters is 1. The molecule has 0 aliphatic carbocycles. The predicted molar refractivity (Wildman–Crippen MR) is 97.3 cm³/mol. The van der Waals surface area contributed by atoms with Crippen LogP contribution in [0.25, 0.3) is 6.08 Å². The molecule has 6 nitrogen and oxygen atoms in total. The standard InChI is InChI=1S/C18H19ClFN3O3/c1-10-14(11(2)23(4)22-10)6-8-17(24)26-12(3)18(25)21-13-5-7-16(20)15(19)9-13/h5-9,12H,1-4H3,(H,21,25)/b8-6+/t12-/m1/s1. The number of amides is 1. The number of hydrogen-bond acceptors (Lipinski definition) is 4. The van der Waals surface area contributed by atoms with Crippen molar-refractivity contribution < 1.29 is 18.7 Å². The lowest BCUT2D eigenvalue weighted by Crippen LogP contribution is -2.29. The lowest BCUT2D eigenvalue weighted by molar-refractivity contribution is -0.148. The highest BCUT2D eigenvalue weighted by atomic mass is 35.5. The smallest absolute Gasteiger partial charge is 0.331 e. The molecule has 0 spiro atoms. The van der Waals surface area contributed by atoms with Gasteiger partial charge in [0.15, 0.2) is 6.10 Å². The van der Waals surface area contributed by atoms with Gasteiger partial charge in [-0.2, -0.15) is 5.10 Å². The quantitative estimate of drug-likeness (QED) is 0.638. The summed E-state index contributed by atoms with van der Waals surface area (Å²) in [6.45, 7) is 5.16. The number of aryl methyl sites for hydroxylation is 2. The molecule has 1 aromatic carbocycles. The average Bonchev–Trinajstić information content (AvgIpc) is 2.81. The van der Waals surface area contributed by atoms with Gasteiger partial charge >= 0.3 is 5.97 Å². The summed E-state index contributed by atoms with van der Waals surface area (Å²) in [5.41, 5.74) is 2.82. The first-order valence-electron chi connectivity index (χ1n) is 7.84. The van der Waals surface area contributed by atoms with E-state index < -0.39 is 23.8 Å². The molecule has 138 valence electrons. The Balaban J connectivity index is 1.96. The maximum atomic E-state index is 13.1. The normalized spacial score (nSPS) is 12.2.